The van der Waals surface area contributed by atoms with E-state index in [0.717, 1.165) is 32.4 Å². The van der Waals surface area contributed by atoms with Gasteiger partial charge in [-0.25, -0.2) is 0 Å². The second-order valence-electron chi connectivity index (χ2n) is 6.12. The zero-order chi connectivity index (χ0) is 14.1. The number of nitrogens with zero attached hydrogens (tertiary/aromatic N) is 1. The van der Waals surface area contributed by atoms with Crippen molar-refractivity contribution in [3.63, 3.8) is 0 Å². The van der Waals surface area contributed by atoms with Gasteiger partial charge in [0.15, 0.2) is 0 Å². The standard InChI is InChI=1S/C16H32N2O/c1-3-4-5-6-7-8-9-16(19)18-11-10-14(2)15(12-17)13-18/h14-15H,3-13,17H2,1-2H3. The summed E-state index contributed by atoms with van der Waals surface area (Å²) in [6.07, 6.45) is 9.33. The average molecular weight is 268 g/mol. The fourth-order valence-electron chi connectivity index (χ4n) is 2.90. The van der Waals surface area contributed by atoms with Crippen LogP contribution in [0.4, 0.5) is 0 Å². The highest BCUT2D eigenvalue weighted by molar-refractivity contribution is 5.76. The molecular weight excluding hydrogens is 236 g/mol. The van der Waals surface area contributed by atoms with Gasteiger partial charge in [-0.05, 0) is 31.2 Å². The van der Waals surface area contributed by atoms with Crippen molar-refractivity contribution in [1.29, 1.82) is 0 Å². The van der Waals surface area contributed by atoms with E-state index in [-0.39, 0.29) is 0 Å². The minimum absolute atomic E-state index is 0.348. The van der Waals surface area contributed by atoms with Gasteiger partial charge in [0.05, 0.1) is 0 Å². The van der Waals surface area contributed by atoms with Crippen LogP contribution in [0.3, 0.4) is 0 Å². The van der Waals surface area contributed by atoms with Crippen LogP contribution < -0.4 is 5.73 Å². The molecule has 112 valence electrons. The van der Waals surface area contributed by atoms with Crippen molar-refractivity contribution >= 4 is 5.91 Å². The van der Waals surface area contributed by atoms with Crippen molar-refractivity contribution in [1.82, 2.24) is 4.90 Å². The lowest BCUT2D eigenvalue weighted by atomic mass is 9.87. The number of hydrogen-bond donors (Lipinski definition) is 1. The van der Waals surface area contributed by atoms with Gasteiger partial charge >= 0.3 is 0 Å². The summed E-state index contributed by atoms with van der Waals surface area (Å²) in [5, 5.41) is 0. The number of carbonyl (C=O) groups excluding carboxylic acids is 1. The molecule has 1 amide bonds. The summed E-state index contributed by atoms with van der Waals surface area (Å²) in [7, 11) is 0. The molecular formula is C16H32N2O. The van der Waals surface area contributed by atoms with Gasteiger partial charge in [-0.2, -0.15) is 0 Å². The summed E-state index contributed by atoms with van der Waals surface area (Å²) in [4.78, 5) is 14.2. The van der Waals surface area contributed by atoms with Crippen molar-refractivity contribution in [3.05, 3.63) is 0 Å². The predicted octanol–water partition coefficient (Wildman–Crippen LogP) is 3.18. The summed E-state index contributed by atoms with van der Waals surface area (Å²) in [6.45, 7) is 7.02. The topological polar surface area (TPSA) is 46.3 Å². The van der Waals surface area contributed by atoms with Gasteiger partial charge in [0.1, 0.15) is 0 Å². The van der Waals surface area contributed by atoms with E-state index >= 15 is 0 Å². The van der Waals surface area contributed by atoms with E-state index in [0.29, 0.717) is 24.3 Å². The van der Waals surface area contributed by atoms with Crippen LogP contribution in [0, 0.1) is 11.8 Å². The molecule has 0 aromatic heterocycles. The molecule has 1 saturated heterocycles. The van der Waals surface area contributed by atoms with Gasteiger partial charge in [0.2, 0.25) is 5.91 Å². The van der Waals surface area contributed by atoms with Crippen LogP contribution in [-0.2, 0) is 4.79 Å². The van der Waals surface area contributed by atoms with Crippen molar-refractivity contribution < 1.29 is 4.79 Å². The smallest absolute Gasteiger partial charge is 0.222 e. The minimum atomic E-state index is 0.348. The molecule has 3 heteroatoms. The molecule has 1 rings (SSSR count). The van der Waals surface area contributed by atoms with Crippen LogP contribution in [-0.4, -0.2) is 30.4 Å². The molecule has 0 bridgehead atoms. The third-order valence-corrected chi connectivity index (χ3v) is 4.51. The molecule has 0 aromatic rings. The Hall–Kier alpha value is -0.570. The van der Waals surface area contributed by atoms with E-state index in [1.54, 1.807) is 0 Å². The molecule has 0 radical (unpaired) electrons. The lowest BCUT2D eigenvalue weighted by molar-refractivity contribution is -0.133. The normalized spacial score (nSPS) is 23.6. The fourth-order valence-corrected chi connectivity index (χ4v) is 2.90. The Morgan fingerprint density at radius 2 is 1.89 bits per heavy atom. The van der Waals surface area contributed by atoms with Gasteiger partial charge in [0.25, 0.3) is 0 Å². The van der Waals surface area contributed by atoms with E-state index in [4.69, 9.17) is 5.73 Å². The fraction of sp³-hybridized carbons (Fsp3) is 0.938. The SMILES string of the molecule is CCCCCCCCC(=O)N1CCC(C)C(CN)C1. The maximum atomic E-state index is 12.1. The van der Waals surface area contributed by atoms with Crippen molar-refractivity contribution in [2.45, 2.75) is 65.2 Å². The number of likely N-dealkylation sites (tertiary alicyclic amines) is 1. The van der Waals surface area contributed by atoms with Gasteiger partial charge < -0.3 is 10.6 Å². The first-order chi connectivity index (χ1) is 9.19. The number of piperidine rings is 1. The Balaban J connectivity index is 2.15. The van der Waals surface area contributed by atoms with E-state index in [2.05, 4.69) is 13.8 Å². The van der Waals surface area contributed by atoms with Crippen LogP contribution in [0.5, 0.6) is 0 Å². The maximum Gasteiger partial charge on any atom is 0.222 e. The Morgan fingerprint density at radius 1 is 1.21 bits per heavy atom. The monoisotopic (exact) mass is 268 g/mol. The number of unbranched alkanes of at least 4 members (excludes halogenated alkanes) is 5. The Bertz CT molecular complexity index is 255. The van der Waals surface area contributed by atoms with Gasteiger partial charge in [0, 0.05) is 19.5 Å². The summed E-state index contributed by atoms with van der Waals surface area (Å²) in [5.41, 5.74) is 5.79. The average Bonchev–Trinajstić information content (AvgIpc) is 2.43. The molecule has 1 fully saturated rings. The molecule has 1 aliphatic rings. The van der Waals surface area contributed by atoms with Crippen molar-refractivity contribution in [3.8, 4) is 0 Å². The van der Waals surface area contributed by atoms with E-state index in [1.807, 2.05) is 4.90 Å². The lowest BCUT2D eigenvalue weighted by Crippen LogP contribution is -2.45. The Labute approximate surface area is 118 Å². The molecule has 1 aliphatic heterocycles. The third-order valence-electron chi connectivity index (χ3n) is 4.51. The molecule has 0 aromatic carbocycles. The van der Waals surface area contributed by atoms with Crippen LogP contribution in [0.2, 0.25) is 0 Å². The molecule has 0 saturated carbocycles. The zero-order valence-corrected chi connectivity index (χ0v) is 12.9. The number of hydrogen-bond acceptors (Lipinski definition) is 2. The summed E-state index contributed by atoms with van der Waals surface area (Å²) in [5.74, 6) is 1.52. The van der Waals surface area contributed by atoms with E-state index in [9.17, 15) is 4.79 Å². The summed E-state index contributed by atoms with van der Waals surface area (Å²) >= 11 is 0. The van der Waals surface area contributed by atoms with Crippen LogP contribution in [0.25, 0.3) is 0 Å². The van der Waals surface area contributed by atoms with E-state index in [1.165, 1.54) is 32.1 Å². The molecule has 2 unspecified atom stereocenters. The molecule has 1 heterocycles. The number of nitrogens with two attached hydrogens (primary N) is 1. The highest BCUT2D eigenvalue weighted by atomic mass is 16.2. The highest BCUT2D eigenvalue weighted by Gasteiger charge is 2.27. The largest absolute Gasteiger partial charge is 0.342 e. The quantitative estimate of drug-likeness (QED) is 0.687. The van der Waals surface area contributed by atoms with Crippen LogP contribution >= 0.6 is 0 Å². The maximum absolute atomic E-state index is 12.1. The zero-order valence-electron chi connectivity index (χ0n) is 12.9. The second-order valence-corrected chi connectivity index (χ2v) is 6.12. The first-order valence-corrected chi connectivity index (χ1v) is 8.16. The van der Waals surface area contributed by atoms with Gasteiger partial charge in [-0.1, -0.05) is 46.0 Å². The van der Waals surface area contributed by atoms with Gasteiger partial charge in [-0.15, -0.1) is 0 Å². The second kappa shape index (κ2) is 9.35. The van der Waals surface area contributed by atoms with Crippen LogP contribution in [0.1, 0.15) is 65.2 Å². The first kappa shape index (κ1) is 16.5. The summed E-state index contributed by atoms with van der Waals surface area (Å²) < 4.78 is 0. The Kier molecular flexibility index (Phi) is 8.11. The summed E-state index contributed by atoms with van der Waals surface area (Å²) in [6, 6.07) is 0. The first-order valence-electron chi connectivity index (χ1n) is 8.16. The lowest BCUT2D eigenvalue weighted by Gasteiger charge is -2.36. The minimum Gasteiger partial charge on any atom is -0.342 e. The molecule has 0 spiro atoms. The molecule has 3 nitrogen and oxygen atoms in total. The van der Waals surface area contributed by atoms with Gasteiger partial charge in [-0.3, -0.25) is 4.79 Å². The van der Waals surface area contributed by atoms with Crippen molar-refractivity contribution in [2.24, 2.45) is 17.6 Å². The molecule has 2 atom stereocenters. The molecule has 0 aliphatic carbocycles. The third kappa shape index (κ3) is 5.94. The van der Waals surface area contributed by atoms with Crippen molar-refractivity contribution in [2.75, 3.05) is 19.6 Å². The predicted molar refractivity (Wildman–Crippen MR) is 80.9 cm³/mol. The number of carbonyl (C=O) groups is 1. The van der Waals surface area contributed by atoms with Crippen LogP contribution in [0.15, 0.2) is 0 Å². The highest BCUT2D eigenvalue weighted by Crippen LogP contribution is 2.23. The van der Waals surface area contributed by atoms with E-state index < -0.39 is 0 Å². The molecule has 19 heavy (non-hydrogen) atoms. The Morgan fingerprint density at radius 3 is 2.58 bits per heavy atom. The molecule has 2 N–H and O–H groups in total. The number of amides is 1. The number of rotatable bonds is 8.